The number of nitrogens with zero attached hydrogens (tertiary/aromatic N) is 1. The monoisotopic (exact) mass is 466 g/mol. The van der Waals surface area contributed by atoms with E-state index < -0.39 is 35.0 Å². The van der Waals surface area contributed by atoms with Crippen LogP contribution in [0.3, 0.4) is 0 Å². The van der Waals surface area contributed by atoms with Crippen LogP contribution in [0.25, 0.3) is 0 Å². The normalized spacial score (nSPS) is 34.6. The summed E-state index contributed by atoms with van der Waals surface area (Å²) in [5.41, 5.74) is -1.82. The van der Waals surface area contributed by atoms with Crippen LogP contribution < -0.4 is 5.32 Å². The van der Waals surface area contributed by atoms with Gasteiger partial charge >= 0.3 is 5.97 Å². The first-order valence-corrected chi connectivity index (χ1v) is 12.8. The highest BCUT2D eigenvalue weighted by Crippen LogP contribution is 2.65. The molecule has 3 aliphatic rings. The Morgan fingerprint density at radius 2 is 1.91 bits per heavy atom. The molecule has 3 fully saturated rings. The molecule has 8 nitrogen and oxygen atoms in total. The van der Waals surface area contributed by atoms with Gasteiger partial charge in [-0.1, -0.05) is 39.5 Å². The summed E-state index contributed by atoms with van der Waals surface area (Å²) in [6.45, 7) is 9.21. The lowest BCUT2D eigenvalue weighted by molar-refractivity contribution is -0.161. The first kappa shape index (κ1) is 25.9. The van der Waals surface area contributed by atoms with Gasteiger partial charge < -0.3 is 24.8 Å². The molecule has 33 heavy (non-hydrogen) atoms. The van der Waals surface area contributed by atoms with Gasteiger partial charge in [0.05, 0.1) is 18.1 Å². The van der Waals surface area contributed by atoms with Crippen LogP contribution in [0, 0.1) is 17.8 Å². The van der Waals surface area contributed by atoms with Crippen molar-refractivity contribution >= 4 is 17.8 Å². The van der Waals surface area contributed by atoms with Crippen molar-refractivity contribution < 1.29 is 29.0 Å². The Labute approximate surface area is 197 Å². The molecule has 3 aliphatic heterocycles. The minimum atomic E-state index is -0.997. The number of carbonyl (C=O) groups excluding carboxylic acids is 3. The number of fused-ring (bicyclic) bond motifs is 1. The summed E-state index contributed by atoms with van der Waals surface area (Å²) < 4.78 is 12.0. The van der Waals surface area contributed by atoms with Gasteiger partial charge in [0, 0.05) is 19.7 Å². The number of likely N-dealkylation sites (tertiary alicyclic amines) is 1. The Bertz CT molecular complexity index is 730. The highest BCUT2D eigenvalue weighted by molar-refractivity contribution is 5.98. The van der Waals surface area contributed by atoms with E-state index in [4.69, 9.17) is 14.6 Å². The maximum Gasteiger partial charge on any atom is 0.312 e. The molecule has 3 heterocycles. The van der Waals surface area contributed by atoms with E-state index in [0.29, 0.717) is 19.5 Å². The zero-order chi connectivity index (χ0) is 24.2. The fraction of sp³-hybridized carbons (Fsp3) is 0.880. The second-order valence-corrected chi connectivity index (χ2v) is 10.1. The van der Waals surface area contributed by atoms with E-state index in [-0.39, 0.29) is 30.9 Å². The van der Waals surface area contributed by atoms with Crippen molar-refractivity contribution in [1.82, 2.24) is 10.2 Å². The van der Waals surface area contributed by atoms with Gasteiger partial charge in [-0.05, 0) is 45.4 Å². The second kappa shape index (κ2) is 10.7. The van der Waals surface area contributed by atoms with Crippen molar-refractivity contribution in [3.63, 3.8) is 0 Å². The summed E-state index contributed by atoms with van der Waals surface area (Å²) in [4.78, 5) is 42.0. The summed E-state index contributed by atoms with van der Waals surface area (Å²) in [5, 5.41) is 12.1. The molecule has 0 aromatic rings. The highest BCUT2D eigenvalue weighted by atomic mass is 16.6. The topological polar surface area (TPSA) is 105 Å². The van der Waals surface area contributed by atoms with Crippen molar-refractivity contribution in [2.75, 3.05) is 26.3 Å². The number of hydrogen-bond donors (Lipinski definition) is 2. The number of aliphatic hydroxyl groups excluding tert-OH is 1. The number of amides is 2. The standard InChI is InChI=1S/C25H42N2O6/c1-5-7-10-13-26-21(29)20-25-16-17(3)24(4,33-25)19(23(31)32-6-2)18(25)22(30)27(20)14-11-8-9-12-15-28/h17-20,28H,5-16H2,1-4H3,(H,26,29)/t17?,18-,19-,20?,24+,25?/m0/s1. The highest BCUT2D eigenvalue weighted by Gasteiger charge is 2.80. The molecule has 6 atom stereocenters. The Kier molecular flexibility index (Phi) is 8.43. The Morgan fingerprint density at radius 1 is 1.18 bits per heavy atom. The van der Waals surface area contributed by atoms with Crippen LogP contribution in [-0.4, -0.2) is 71.3 Å². The lowest BCUT2D eigenvalue weighted by Crippen LogP contribution is -2.55. The summed E-state index contributed by atoms with van der Waals surface area (Å²) in [6, 6.07) is -0.738. The Balaban J connectivity index is 1.89. The third-order valence-electron chi connectivity index (χ3n) is 7.99. The van der Waals surface area contributed by atoms with Gasteiger partial charge in [-0.15, -0.1) is 0 Å². The minimum absolute atomic E-state index is 0.0239. The molecule has 0 saturated carbocycles. The van der Waals surface area contributed by atoms with Gasteiger partial charge in [0.15, 0.2) is 0 Å². The number of ether oxygens (including phenoxy) is 2. The number of nitrogens with one attached hydrogen (secondary N) is 1. The molecule has 188 valence electrons. The molecule has 2 amide bonds. The predicted molar refractivity (Wildman–Crippen MR) is 123 cm³/mol. The molecule has 3 saturated heterocycles. The number of unbranched alkanes of at least 4 members (excludes halogenated alkanes) is 5. The molecule has 3 rings (SSSR count). The molecule has 0 aliphatic carbocycles. The zero-order valence-electron chi connectivity index (χ0n) is 20.7. The second-order valence-electron chi connectivity index (χ2n) is 10.1. The van der Waals surface area contributed by atoms with E-state index in [1.165, 1.54) is 0 Å². The van der Waals surface area contributed by atoms with Crippen molar-refractivity contribution in [3.05, 3.63) is 0 Å². The van der Waals surface area contributed by atoms with Crippen LogP contribution in [0.15, 0.2) is 0 Å². The van der Waals surface area contributed by atoms with Gasteiger partial charge in [0.2, 0.25) is 11.8 Å². The van der Waals surface area contributed by atoms with Crippen LogP contribution >= 0.6 is 0 Å². The number of hydrogen-bond acceptors (Lipinski definition) is 6. The fourth-order valence-corrected chi connectivity index (χ4v) is 6.30. The van der Waals surface area contributed by atoms with Crippen molar-refractivity contribution in [2.24, 2.45) is 17.8 Å². The van der Waals surface area contributed by atoms with Crippen molar-refractivity contribution in [1.29, 1.82) is 0 Å². The average molecular weight is 467 g/mol. The molecule has 0 aromatic heterocycles. The lowest BCUT2D eigenvalue weighted by Gasteiger charge is -2.35. The zero-order valence-corrected chi connectivity index (χ0v) is 20.7. The lowest BCUT2D eigenvalue weighted by atomic mass is 9.62. The summed E-state index contributed by atoms with van der Waals surface area (Å²) in [5.74, 6) is -2.13. The van der Waals surface area contributed by atoms with Crippen LogP contribution in [0.4, 0.5) is 0 Å². The van der Waals surface area contributed by atoms with E-state index in [1.54, 1.807) is 11.8 Å². The summed E-state index contributed by atoms with van der Waals surface area (Å²) in [7, 11) is 0. The smallest absolute Gasteiger partial charge is 0.312 e. The Hall–Kier alpha value is -1.67. The number of rotatable bonds is 13. The summed E-state index contributed by atoms with van der Waals surface area (Å²) in [6.07, 6.45) is 6.76. The minimum Gasteiger partial charge on any atom is -0.466 e. The number of aliphatic hydroxyl groups is 1. The van der Waals surface area contributed by atoms with Crippen LogP contribution in [-0.2, 0) is 23.9 Å². The molecule has 1 spiro atoms. The predicted octanol–water partition coefficient (Wildman–Crippen LogP) is 2.42. The molecule has 2 N–H and O–H groups in total. The SMILES string of the molecule is CCCCCNC(=O)C1N(CCCCCCO)C(=O)[C@@H]2[C@@H](C(=O)OCC)[C@]3(C)OC12CC3C. The maximum atomic E-state index is 13.8. The first-order chi connectivity index (χ1) is 15.8. The quantitative estimate of drug-likeness (QED) is 0.319. The van der Waals surface area contributed by atoms with E-state index in [9.17, 15) is 14.4 Å². The average Bonchev–Trinajstić information content (AvgIpc) is 3.28. The number of carbonyl (C=O) groups is 3. The Morgan fingerprint density at radius 3 is 2.58 bits per heavy atom. The third-order valence-corrected chi connectivity index (χ3v) is 7.99. The van der Waals surface area contributed by atoms with E-state index in [1.807, 2.05) is 13.8 Å². The van der Waals surface area contributed by atoms with Gasteiger partial charge in [0.25, 0.3) is 0 Å². The van der Waals surface area contributed by atoms with E-state index in [2.05, 4.69) is 12.2 Å². The maximum absolute atomic E-state index is 13.8. The van der Waals surface area contributed by atoms with Gasteiger partial charge in [-0.3, -0.25) is 14.4 Å². The van der Waals surface area contributed by atoms with Gasteiger partial charge in [-0.2, -0.15) is 0 Å². The number of esters is 1. The van der Waals surface area contributed by atoms with Crippen LogP contribution in [0.1, 0.15) is 79.1 Å². The third kappa shape index (κ3) is 4.53. The van der Waals surface area contributed by atoms with Crippen molar-refractivity contribution in [3.8, 4) is 0 Å². The van der Waals surface area contributed by atoms with Crippen LogP contribution in [0.2, 0.25) is 0 Å². The fourth-order valence-electron chi connectivity index (χ4n) is 6.30. The molecule has 2 bridgehead atoms. The largest absolute Gasteiger partial charge is 0.466 e. The first-order valence-electron chi connectivity index (χ1n) is 12.8. The summed E-state index contributed by atoms with van der Waals surface area (Å²) >= 11 is 0. The molecule has 0 aromatic carbocycles. The molecule has 3 unspecified atom stereocenters. The molecule has 8 heteroatoms. The van der Waals surface area contributed by atoms with Crippen molar-refractivity contribution in [2.45, 2.75) is 96.3 Å². The van der Waals surface area contributed by atoms with Gasteiger partial charge in [-0.25, -0.2) is 0 Å². The molecular weight excluding hydrogens is 424 g/mol. The van der Waals surface area contributed by atoms with E-state index >= 15 is 0 Å². The molecular formula is C25H42N2O6. The van der Waals surface area contributed by atoms with E-state index in [0.717, 1.165) is 44.9 Å². The van der Waals surface area contributed by atoms with Crippen LogP contribution in [0.5, 0.6) is 0 Å². The van der Waals surface area contributed by atoms with Gasteiger partial charge in [0.1, 0.15) is 17.6 Å². The molecule has 0 radical (unpaired) electrons.